The average Bonchev–Trinajstić information content (AvgIpc) is 3.40. The summed E-state index contributed by atoms with van der Waals surface area (Å²) in [4.78, 5) is 44.2. The number of fused-ring (bicyclic) bond motifs is 1. The molecule has 1 atom stereocenters. The number of aliphatic carboxylic acids is 1. The monoisotopic (exact) mass is 534 g/mol. The molecule has 0 saturated carbocycles. The van der Waals surface area contributed by atoms with E-state index in [1.807, 2.05) is 36.4 Å². The lowest BCUT2D eigenvalue weighted by Gasteiger charge is -2.32. The molecule has 0 radical (unpaired) electrons. The van der Waals surface area contributed by atoms with Crippen LogP contribution in [0.1, 0.15) is 37.5 Å². The van der Waals surface area contributed by atoms with Crippen molar-refractivity contribution in [2.45, 2.75) is 43.8 Å². The predicted octanol–water partition coefficient (Wildman–Crippen LogP) is 3.09. The number of alkyl halides is 3. The number of amides is 3. The molecule has 38 heavy (non-hydrogen) atoms. The van der Waals surface area contributed by atoms with Gasteiger partial charge in [-0.2, -0.15) is 18.2 Å². The molecule has 1 unspecified atom stereocenters. The SMILES string of the molecule is O=C(O)C(F)(F)F.O=C1NCCCC1NC(=O)N1CCC(c2nc(-c3ccc4ccccc4n3)no2)CC1. The topological polar surface area (TPSA) is 151 Å². The molecular formula is C24H25F3N6O5. The van der Waals surface area contributed by atoms with E-state index in [9.17, 15) is 22.8 Å². The molecule has 3 amide bonds. The molecule has 1 aromatic carbocycles. The molecule has 14 heteroatoms. The molecule has 3 N–H and O–H groups in total. The van der Waals surface area contributed by atoms with Crippen molar-refractivity contribution in [2.24, 2.45) is 0 Å². The summed E-state index contributed by atoms with van der Waals surface area (Å²) in [6.45, 7) is 1.84. The van der Waals surface area contributed by atoms with E-state index in [0.717, 1.165) is 30.2 Å². The fourth-order valence-electron chi connectivity index (χ4n) is 4.18. The number of pyridine rings is 1. The van der Waals surface area contributed by atoms with E-state index in [1.54, 1.807) is 4.90 Å². The zero-order chi connectivity index (χ0) is 27.3. The summed E-state index contributed by atoms with van der Waals surface area (Å²) >= 11 is 0. The Hall–Kier alpha value is -4.23. The van der Waals surface area contributed by atoms with Crippen LogP contribution in [0.2, 0.25) is 0 Å². The highest BCUT2D eigenvalue weighted by atomic mass is 19.4. The minimum atomic E-state index is -5.08. The molecule has 3 aromatic rings. The van der Waals surface area contributed by atoms with Gasteiger partial charge in [-0.1, -0.05) is 29.4 Å². The first-order valence-electron chi connectivity index (χ1n) is 11.9. The highest BCUT2D eigenvalue weighted by Gasteiger charge is 2.38. The number of hydrogen-bond donors (Lipinski definition) is 3. The Balaban J connectivity index is 0.000000426. The second-order valence-corrected chi connectivity index (χ2v) is 8.84. The van der Waals surface area contributed by atoms with E-state index < -0.39 is 18.2 Å². The Bertz CT molecular complexity index is 1310. The standard InChI is InChI=1S/C22H24N6O3.C2HF3O2/c29-20-18(6-3-11-23-20)25-22(30)28-12-9-15(10-13-28)21-26-19(27-31-21)17-8-7-14-4-1-2-5-16(14)24-17;3-2(4,5)1(6)7/h1-2,4-5,7-8,15,18H,3,6,9-13H2,(H,23,29)(H,25,30);(H,6,7). The van der Waals surface area contributed by atoms with Crippen molar-refractivity contribution in [1.82, 2.24) is 30.7 Å². The number of para-hydroxylation sites is 1. The number of benzene rings is 1. The number of piperidine rings is 2. The van der Waals surface area contributed by atoms with Gasteiger partial charge in [0.25, 0.3) is 0 Å². The number of urea groups is 1. The Morgan fingerprint density at radius 1 is 1.08 bits per heavy atom. The summed E-state index contributed by atoms with van der Waals surface area (Å²) in [5, 5.41) is 17.9. The number of carbonyl (C=O) groups is 3. The van der Waals surface area contributed by atoms with Gasteiger partial charge in [-0.15, -0.1) is 0 Å². The van der Waals surface area contributed by atoms with Crippen LogP contribution in [0.4, 0.5) is 18.0 Å². The van der Waals surface area contributed by atoms with Crippen molar-refractivity contribution in [2.75, 3.05) is 19.6 Å². The number of nitrogens with zero attached hydrogens (tertiary/aromatic N) is 4. The molecule has 4 heterocycles. The quantitative estimate of drug-likeness (QED) is 0.464. The van der Waals surface area contributed by atoms with Crippen LogP contribution in [-0.4, -0.2) is 74.9 Å². The highest BCUT2D eigenvalue weighted by Crippen LogP contribution is 2.28. The van der Waals surface area contributed by atoms with Gasteiger partial charge in [0, 0.05) is 30.9 Å². The lowest BCUT2D eigenvalue weighted by atomic mass is 9.97. The number of likely N-dealkylation sites (tertiary alicyclic amines) is 1. The van der Waals surface area contributed by atoms with Crippen molar-refractivity contribution in [3.05, 3.63) is 42.3 Å². The third-order valence-corrected chi connectivity index (χ3v) is 6.23. The van der Waals surface area contributed by atoms with E-state index in [2.05, 4.69) is 25.8 Å². The molecule has 2 aromatic heterocycles. The number of rotatable bonds is 3. The van der Waals surface area contributed by atoms with Gasteiger partial charge in [0.1, 0.15) is 11.7 Å². The van der Waals surface area contributed by atoms with Gasteiger partial charge >= 0.3 is 18.2 Å². The van der Waals surface area contributed by atoms with Gasteiger partial charge in [0.2, 0.25) is 17.6 Å². The number of carboxylic acids is 1. The molecule has 2 aliphatic rings. The van der Waals surface area contributed by atoms with Crippen LogP contribution in [0.3, 0.4) is 0 Å². The molecular weight excluding hydrogens is 509 g/mol. The second kappa shape index (κ2) is 11.4. The lowest BCUT2D eigenvalue weighted by molar-refractivity contribution is -0.192. The van der Waals surface area contributed by atoms with Gasteiger partial charge in [0.05, 0.1) is 5.52 Å². The van der Waals surface area contributed by atoms with E-state index >= 15 is 0 Å². The second-order valence-electron chi connectivity index (χ2n) is 8.84. The highest BCUT2D eigenvalue weighted by molar-refractivity contribution is 5.87. The van der Waals surface area contributed by atoms with Crippen LogP contribution in [0, 0.1) is 0 Å². The summed E-state index contributed by atoms with van der Waals surface area (Å²) < 4.78 is 37.3. The Morgan fingerprint density at radius 3 is 2.47 bits per heavy atom. The van der Waals surface area contributed by atoms with E-state index in [0.29, 0.717) is 43.5 Å². The molecule has 0 spiro atoms. The minimum Gasteiger partial charge on any atom is -0.475 e. The van der Waals surface area contributed by atoms with Crippen LogP contribution in [0.15, 0.2) is 40.9 Å². The third-order valence-electron chi connectivity index (χ3n) is 6.23. The van der Waals surface area contributed by atoms with Crippen molar-refractivity contribution >= 4 is 28.8 Å². The summed E-state index contributed by atoms with van der Waals surface area (Å²) in [5.74, 6) is -1.70. The molecule has 5 rings (SSSR count). The Kier molecular flexibility index (Phi) is 8.08. The van der Waals surface area contributed by atoms with Crippen LogP contribution in [0.25, 0.3) is 22.4 Å². The normalized spacial score (nSPS) is 18.3. The van der Waals surface area contributed by atoms with Crippen molar-refractivity contribution in [3.8, 4) is 11.5 Å². The van der Waals surface area contributed by atoms with Crippen LogP contribution < -0.4 is 10.6 Å². The van der Waals surface area contributed by atoms with Gasteiger partial charge in [0.15, 0.2) is 0 Å². The smallest absolute Gasteiger partial charge is 0.475 e. The van der Waals surface area contributed by atoms with E-state index in [-0.39, 0.29) is 17.9 Å². The van der Waals surface area contributed by atoms with E-state index in [1.165, 1.54) is 0 Å². The van der Waals surface area contributed by atoms with E-state index in [4.69, 9.17) is 14.4 Å². The van der Waals surface area contributed by atoms with Crippen molar-refractivity contribution in [1.29, 1.82) is 0 Å². The minimum absolute atomic E-state index is 0.101. The zero-order valence-corrected chi connectivity index (χ0v) is 20.1. The Morgan fingerprint density at radius 2 is 1.79 bits per heavy atom. The molecule has 11 nitrogen and oxygen atoms in total. The number of carboxylic acid groups (broad SMARTS) is 1. The average molecular weight is 534 g/mol. The molecule has 2 aliphatic heterocycles. The van der Waals surface area contributed by atoms with Gasteiger partial charge in [-0.05, 0) is 37.8 Å². The maximum atomic E-state index is 12.5. The first-order valence-corrected chi connectivity index (χ1v) is 11.9. The van der Waals surface area contributed by atoms with Crippen molar-refractivity contribution in [3.63, 3.8) is 0 Å². The van der Waals surface area contributed by atoms with Crippen LogP contribution in [-0.2, 0) is 9.59 Å². The molecule has 2 saturated heterocycles. The fourth-order valence-corrected chi connectivity index (χ4v) is 4.18. The largest absolute Gasteiger partial charge is 0.490 e. The fraction of sp³-hybridized carbons (Fsp3) is 0.417. The number of halogens is 3. The summed E-state index contributed by atoms with van der Waals surface area (Å²) in [7, 11) is 0. The summed E-state index contributed by atoms with van der Waals surface area (Å²) in [6, 6.07) is 11.2. The number of nitrogens with one attached hydrogen (secondary N) is 2. The molecule has 2 fully saturated rings. The first-order chi connectivity index (χ1) is 18.1. The number of aromatic nitrogens is 3. The molecule has 0 bridgehead atoms. The third kappa shape index (κ3) is 6.55. The first kappa shape index (κ1) is 26.8. The van der Waals surface area contributed by atoms with Gasteiger partial charge in [-0.25, -0.2) is 14.6 Å². The maximum Gasteiger partial charge on any atom is 0.490 e. The van der Waals surface area contributed by atoms with Crippen molar-refractivity contribution < 1.29 is 37.2 Å². The zero-order valence-electron chi connectivity index (χ0n) is 20.1. The number of hydrogen-bond acceptors (Lipinski definition) is 7. The summed E-state index contributed by atoms with van der Waals surface area (Å²) in [6.07, 6.45) is -2.06. The van der Waals surface area contributed by atoms with Crippen LogP contribution in [0.5, 0.6) is 0 Å². The maximum absolute atomic E-state index is 12.5. The Labute approximate surface area is 214 Å². The number of carbonyl (C=O) groups excluding carboxylic acids is 2. The molecule has 202 valence electrons. The van der Waals surface area contributed by atoms with Gasteiger partial charge in [-0.3, -0.25) is 4.79 Å². The summed E-state index contributed by atoms with van der Waals surface area (Å²) in [5.41, 5.74) is 1.56. The van der Waals surface area contributed by atoms with Gasteiger partial charge < -0.3 is 25.2 Å². The molecule has 0 aliphatic carbocycles. The lowest BCUT2D eigenvalue weighted by Crippen LogP contribution is -2.54. The van der Waals surface area contributed by atoms with Crippen LogP contribution >= 0.6 is 0 Å². The predicted molar refractivity (Wildman–Crippen MR) is 127 cm³/mol.